The summed E-state index contributed by atoms with van der Waals surface area (Å²) < 4.78 is 5.36. The van der Waals surface area contributed by atoms with Crippen molar-refractivity contribution in [2.75, 3.05) is 19.7 Å². The predicted molar refractivity (Wildman–Crippen MR) is 75.8 cm³/mol. The maximum Gasteiger partial charge on any atom is 0.306 e. The quantitative estimate of drug-likeness (QED) is 0.869. The molecule has 1 aliphatic rings. The normalized spacial score (nSPS) is 19.0. The zero-order chi connectivity index (χ0) is 14.4. The standard InChI is InChI=1S/C14H19NO4S/c16-13(5-1-3-12-4-2-8-20-12)15-6-7-19-11(10-15)9-14(17)18/h2,4,8,11H,1,3,5-7,9-10H2,(H,17,18)/t11-/m0/s1. The molecule has 20 heavy (non-hydrogen) atoms. The second-order valence-corrected chi connectivity index (χ2v) is 5.90. The lowest BCUT2D eigenvalue weighted by Crippen LogP contribution is -2.46. The van der Waals surface area contributed by atoms with E-state index >= 15 is 0 Å². The number of carboxylic acids is 1. The first-order chi connectivity index (χ1) is 9.65. The van der Waals surface area contributed by atoms with Crippen molar-refractivity contribution in [3.63, 3.8) is 0 Å². The monoisotopic (exact) mass is 297 g/mol. The number of amides is 1. The highest BCUT2D eigenvalue weighted by Gasteiger charge is 2.25. The van der Waals surface area contributed by atoms with E-state index in [9.17, 15) is 9.59 Å². The SMILES string of the molecule is O=C(O)C[C@H]1CN(C(=O)CCCc2cccs2)CCO1. The van der Waals surface area contributed by atoms with Crippen molar-refractivity contribution < 1.29 is 19.4 Å². The summed E-state index contributed by atoms with van der Waals surface area (Å²) in [6.45, 7) is 1.38. The number of morpholine rings is 1. The summed E-state index contributed by atoms with van der Waals surface area (Å²) in [5, 5.41) is 10.8. The molecule has 1 fully saturated rings. The van der Waals surface area contributed by atoms with Gasteiger partial charge in [0.25, 0.3) is 0 Å². The minimum Gasteiger partial charge on any atom is -0.481 e. The Morgan fingerprint density at radius 3 is 3.05 bits per heavy atom. The van der Waals surface area contributed by atoms with Gasteiger partial charge in [-0.15, -0.1) is 11.3 Å². The molecule has 2 rings (SSSR count). The van der Waals surface area contributed by atoms with E-state index in [4.69, 9.17) is 9.84 Å². The highest BCUT2D eigenvalue weighted by molar-refractivity contribution is 7.09. The van der Waals surface area contributed by atoms with Crippen LogP contribution in [0.5, 0.6) is 0 Å². The fourth-order valence-corrected chi connectivity index (χ4v) is 3.04. The van der Waals surface area contributed by atoms with Crippen molar-refractivity contribution in [2.24, 2.45) is 0 Å². The van der Waals surface area contributed by atoms with E-state index in [2.05, 4.69) is 6.07 Å². The molecule has 1 amide bonds. The molecule has 5 nitrogen and oxygen atoms in total. The van der Waals surface area contributed by atoms with E-state index < -0.39 is 5.97 Å². The Balaban J connectivity index is 1.72. The Kier molecular flexibility index (Phi) is 5.55. The molecular formula is C14H19NO4S. The molecule has 1 aromatic rings. The summed E-state index contributed by atoms with van der Waals surface area (Å²) in [6.07, 6.45) is 1.85. The van der Waals surface area contributed by atoms with E-state index in [0.29, 0.717) is 26.1 Å². The zero-order valence-electron chi connectivity index (χ0n) is 11.3. The van der Waals surface area contributed by atoms with Crippen molar-refractivity contribution in [3.8, 4) is 0 Å². The van der Waals surface area contributed by atoms with Gasteiger partial charge in [-0.05, 0) is 24.3 Å². The smallest absolute Gasteiger partial charge is 0.306 e. The van der Waals surface area contributed by atoms with E-state index in [-0.39, 0.29) is 18.4 Å². The van der Waals surface area contributed by atoms with Gasteiger partial charge in [-0.3, -0.25) is 9.59 Å². The zero-order valence-corrected chi connectivity index (χ0v) is 12.1. The van der Waals surface area contributed by atoms with Crippen LogP contribution >= 0.6 is 11.3 Å². The van der Waals surface area contributed by atoms with Crippen LogP contribution in [0, 0.1) is 0 Å². The third kappa shape index (κ3) is 4.61. The summed E-state index contributed by atoms with van der Waals surface area (Å²) in [7, 11) is 0. The van der Waals surface area contributed by atoms with Gasteiger partial charge in [0, 0.05) is 24.4 Å². The molecule has 0 radical (unpaired) electrons. The molecule has 1 aliphatic heterocycles. The van der Waals surface area contributed by atoms with E-state index in [1.54, 1.807) is 16.2 Å². The minimum absolute atomic E-state index is 0.0427. The number of nitrogens with zero attached hydrogens (tertiary/aromatic N) is 1. The summed E-state index contributed by atoms with van der Waals surface area (Å²) >= 11 is 1.71. The van der Waals surface area contributed by atoms with Crippen molar-refractivity contribution in [2.45, 2.75) is 31.8 Å². The number of hydrogen-bond donors (Lipinski definition) is 1. The average Bonchev–Trinajstić information content (AvgIpc) is 2.91. The largest absolute Gasteiger partial charge is 0.481 e. The summed E-state index contributed by atoms with van der Waals surface area (Å²) in [5.74, 6) is -0.790. The first-order valence-electron chi connectivity index (χ1n) is 6.78. The molecule has 1 atom stereocenters. The second-order valence-electron chi connectivity index (χ2n) is 4.86. The Bertz CT molecular complexity index is 446. The van der Waals surface area contributed by atoms with Crippen molar-refractivity contribution in [3.05, 3.63) is 22.4 Å². The van der Waals surface area contributed by atoms with Gasteiger partial charge in [0.1, 0.15) is 0 Å². The van der Waals surface area contributed by atoms with Gasteiger partial charge < -0.3 is 14.7 Å². The highest BCUT2D eigenvalue weighted by atomic mass is 32.1. The number of carboxylic acid groups (broad SMARTS) is 1. The molecular weight excluding hydrogens is 278 g/mol. The fourth-order valence-electron chi connectivity index (χ4n) is 2.29. The van der Waals surface area contributed by atoms with Gasteiger partial charge in [0.15, 0.2) is 0 Å². The van der Waals surface area contributed by atoms with Crippen LogP contribution in [0.25, 0.3) is 0 Å². The van der Waals surface area contributed by atoms with E-state index in [0.717, 1.165) is 12.8 Å². The molecule has 0 spiro atoms. The molecule has 0 saturated carbocycles. The summed E-state index contributed by atoms with van der Waals surface area (Å²) in [6, 6.07) is 4.09. The number of hydrogen-bond acceptors (Lipinski definition) is 4. The van der Waals surface area contributed by atoms with Gasteiger partial charge >= 0.3 is 5.97 Å². The van der Waals surface area contributed by atoms with Crippen LogP contribution in [0.2, 0.25) is 0 Å². The molecule has 110 valence electrons. The maximum atomic E-state index is 12.1. The number of thiophene rings is 1. The van der Waals surface area contributed by atoms with Crippen LogP contribution in [0.1, 0.15) is 24.1 Å². The number of ether oxygens (including phenoxy) is 1. The molecule has 0 aliphatic carbocycles. The molecule has 1 N–H and O–H groups in total. The van der Waals surface area contributed by atoms with Crippen LogP contribution in [-0.2, 0) is 20.7 Å². The number of carbonyl (C=O) groups is 2. The van der Waals surface area contributed by atoms with Gasteiger partial charge in [-0.2, -0.15) is 0 Å². The van der Waals surface area contributed by atoms with E-state index in [1.807, 2.05) is 11.4 Å². The topological polar surface area (TPSA) is 66.8 Å². The van der Waals surface area contributed by atoms with Crippen LogP contribution in [0.4, 0.5) is 0 Å². The number of aryl methyl sites for hydroxylation is 1. The minimum atomic E-state index is -0.887. The van der Waals surface area contributed by atoms with Gasteiger partial charge in [0.2, 0.25) is 5.91 Å². The number of aliphatic carboxylic acids is 1. The third-order valence-electron chi connectivity index (χ3n) is 3.29. The predicted octanol–water partition coefficient (Wildman–Crippen LogP) is 1.77. The van der Waals surface area contributed by atoms with Gasteiger partial charge in [-0.25, -0.2) is 0 Å². The van der Waals surface area contributed by atoms with Crippen molar-refractivity contribution in [1.29, 1.82) is 0 Å². The fraction of sp³-hybridized carbons (Fsp3) is 0.571. The molecule has 0 bridgehead atoms. The van der Waals surface area contributed by atoms with Crippen LogP contribution in [0.15, 0.2) is 17.5 Å². The Labute approximate surface area is 122 Å². The number of carbonyl (C=O) groups excluding carboxylic acids is 1. The average molecular weight is 297 g/mol. The second kappa shape index (κ2) is 7.40. The van der Waals surface area contributed by atoms with Crippen LogP contribution < -0.4 is 0 Å². The van der Waals surface area contributed by atoms with Crippen molar-refractivity contribution in [1.82, 2.24) is 4.90 Å². The third-order valence-corrected chi connectivity index (χ3v) is 4.22. The highest BCUT2D eigenvalue weighted by Crippen LogP contribution is 2.14. The van der Waals surface area contributed by atoms with Gasteiger partial charge in [0.05, 0.1) is 19.1 Å². The summed E-state index contributed by atoms with van der Waals surface area (Å²) in [5.41, 5.74) is 0. The summed E-state index contributed by atoms with van der Waals surface area (Å²) in [4.78, 5) is 25.8. The molecule has 0 unspecified atom stereocenters. The van der Waals surface area contributed by atoms with Crippen molar-refractivity contribution >= 4 is 23.2 Å². The molecule has 2 heterocycles. The maximum absolute atomic E-state index is 12.1. The Morgan fingerprint density at radius 1 is 1.50 bits per heavy atom. The number of rotatable bonds is 6. The lowest BCUT2D eigenvalue weighted by atomic mass is 10.1. The molecule has 0 aromatic carbocycles. The molecule has 6 heteroatoms. The first-order valence-corrected chi connectivity index (χ1v) is 7.66. The first kappa shape index (κ1) is 15.0. The van der Waals surface area contributed by atoms with Crippen LogP contribution in [-0.4, -0.2) is 47.7 Å². The molecule has 1 saturated heterocycles. The lowest BCUT2D eigenvalue weighted by Gasteiger charge is -2.32. The lowest BCUT2D eigenvalue weighted by molar-refractivity contribution is -0.147. The van der Waals surface area contributed by atoms with Gasteiger partial charge in [-0.1, -0.05) is 6.07 Å². The van der Waals surface area contributed by atoms with E-state index in [1.165, 1.54) is 4.88 Å². The molecule has 1 aromatic heterocycles. The van der Waals surface area contributed by atoms with Crippen LogP contribution in [0.3, 0.4) is 0 Å². The Morgan fingerprint density at radius 2 is 2.35 bits per heavy atom. The Hall–Kier alpha value is -1.40.